The van der Waals surface area contributed by atoms with Crippen molar-refractivity contribution in [1.82, 2.24) is 15.0 Å². The van der Waals surface area contributed by atoms with Crippen LogP contribution in [-0.2, 0) is 17.6 Å². The van der Waals surface area contributed by atoms with E-state index in [9.17, 15) is 9.59 Å². The maximum atomic E-state index is 13.8. The Morgan fingerprint density at radius 1 is 1.18 bits per heavy atom. The normalized spacial score (nSPS) is 13.3. The van der Waals surface area contributed by atoms with Gasteiger partial charge < -0.3 is 4.74 Å². The molecule has 0 bridgehead atoms. The van der Waals surface area contributed by atoms with Crippen LogP contribution in [0.15, 0.2) is 69.7 Å². The standard InChI is InChI=1S/C29H28N4O3S2/c1-19-13-15-21(16-14-19)33-28(35)26-22-10-4-6-12-24(22)38-27(26)31-29(33)37-18-25(34)32-30-17-7-9-20-8-3-5-11-23(20)36-2/h3,5,7-9,11,13-17H,4,6,10,12,18H2,1-2H3,(H,32,34)/b9-7+,30-17+. The first-order valence-electron chi connectivity index (χ1n) is 12.4. The number of methoxy groups -OCH3 is 1. The summed E-state index contributed by atoms with van der Waals surface area (Å²) in [6, 6.07) is 15.4. The number of thiophene rings is 1. The zero-order valence-corrected chi connectivity index (χ0v) is 22.9. The third kappa shape index (κ3) is 5.58. The Balaban J connectivity index is 1.34. The molecule has 1 amide bonds. The number of ether oxygens (including phenoxy) is 1. The minimum absolute atomic E-state index is 0.0688. The van der Waals surface area contributed by atoms with E-state index in [1.54, 1.807) is 29.1 Å². The lowest BCUT2D eigenvalue weighted by Crippen LogP contribution is -2.24. The van der Waals surface area contributed by atoms with Crippen molar-refractivity contribution in [2.45, 2.75) is 37.8 Å². The number of allylic oxidation sites excluding steroid dienone is 1. The van der Waals surface area contributed by atoms with Gasteiger partial charge in [-0.3, -0.25) is 14.2 Å². The highest BCUT2D eigenvalue weighted by atomic mass is 32.2. The van der Waals surface area contributed by atoms with Crippen LogP contribution in [0.25, 0.3) is 22.0 Å². The quantitative estimate of drug-likeness (QED) is 0.136. The molecular formula is C29H28N4O3S2. The molecule has 0 aliphatic heterocycles. The first-order chi connectivity index (χ1) is 18.5. The van der Waals surface area contributed by atoms with Crippen molar-refractivity contribution in [2.75, 3.05) is 12.9 Å². The first kappa shape index (κ1) is 25.9. The third-order valence-corrected chi connectivity index (χ3v) is 8.47. The zero-order valence-electron chi connectivity index (χ0n) is 21.3. The number of aryl methyl sites for hydroxylation is 3. The number of nitrogens with one attached hydrogen (secondary N) is 1. The maximum Gasteiger partial charge on any atom is 0.267 e. The maximum absolute atomic E-state index is 13.8. The third-order valence-electron chi connectivity index (χ3n) is 6.35. The van der Waals surface area contributed by atoms with E-state index in [0.29, 0.717) is 5.16 Å². The number of fused-ring (bicyclic) bond motifs is 3. The molecule has 5 rings (SSSR count). The monoisotopic (exact) mass is 544 g/mol. The molecule has 4 aromatic rings. The zero-order chi connectivity index (χ0) is 26.5. The molecule has 0 atom stereocenters. The average molecular weight is 545 g/mol. The number of nitrogens with zero attached hydrogens (tertiary/aromatic N) is 3. The molecule has 2 aromatic carbocycles. The van der Waals surface area contributed by atoms with Crippen LogP contribution in [0, 0.1) is 6.92 Å². The summed E-state index contributed by atoms with van der Waals surface area (Å²) in [7, 11) is 1.62. The van der Waals surface area contributed by atoms with Gasteiger partial charge in [0.05, 0.1) is 23.9 Å². The van der Waals surface area contributed by atoms with Crippen molar-refractivity contribution < 1.29 is 9.53 Å². The van der Waals surface area contributed by atoms with Gasteiger partial charge in [-0.15, -0.1) is 11.3 Å². The highest BCUT2D eigenvalue weighted by molar-refractivity contribution is 7.99. The van der Waals surface area contributed by atoms with Gasteiger partial charge in [-0.2, -0.15) is 5.10 Å². The van der Waals surface area contributed by atoms with Crippen LogP contribution < -0.4 is 15.7 Å². The van der Waals surface area contributed by atoms with E-state index in [0.717, 1.165) is 64.0 Å². The van der Waals surface area contributed by atoms with E-state index >= 15 is 0 Å². The van der Waals surface area contributed by atoms with E-state index in [2.05, 4.69) is 10.5 Å². The van der Waals surface area contributed by atoms with E-state index in [4.69, 9.17) is 9.72 Å². The number of hydrazone groups is 1. The van der Waals surface area contributed by atoms with Crippen molar-refractivity contribution in [3.05, 3.63) is 86.5 Å². The highest BCUT2D eigenvalue weighted by Gasteiger charge is 2.23. The second-order valence-corrected chi connectivity index (χ2v) is 11.0. The minimum atomic E-state index is -0.285. The molecule has 0 saturated heterocycles. The number of hydrogen-bond acceptors (Lipinski definition) is 7. The van der Waals surface area contributed by atoms with Gasteiger partial charge in [0, 0.05) is 16.7 Å². The Kier molecular flexibility index (Phi) is 8.05. The number of thioether (sulfide) groups is 1. The molecule has 38 heavy (non-hydrogen) atoms. The van der Waals surface area contributed by atoms with E-state index in [1.165, 1.54) is 22.9 Å². The number of amides is 1. The van der Waals surface area contributed by atoms with Crippen molar-refractivity contribution in [3.8, 4) is 11.4 Å². The Bertz CT molecular complexity index is 1590. The van der Waals surface area contributed by atoms with Crippen LogP contribution in [0.2, 0.25) is 0 Å². The number of aromatic nitrogens is 2. The van der Waals surface area contributed by atoms with Gasteiger partial charge >= 0.3 is 0 Å². The van der Waals surface area contributed by atoms with Gasteiger partial charge in [-0.05, 0) is 68.5 Å². The van der Waals surface area contributed by atoms with E-state index in [-0.39, 0.29) is 17.2 Å². The molecule has 0 radical (unpaired) electrons. The van der Waals surface area contributed by atoms with Gasteiger partial charge in [-0.1, -0.05) is 47.7 Å². The fourth-order valence-corrected chi connectivity index (χ4v) is 6.58. The van der Waals surface area contributed by atoms with Gasteiger partial charge in [0.25, 0.3) is 11.5 Å². The van der Waals surface area contributed by atoms with E-state index in [1.807, 2.05) is 61.5 Å². The van der Waals surface area contributed by atoms with E-state index < -0.39 is 0 Å². The lowest BCUT2D eigenvalue weighted by molar-refractivity contribution is -0.118. The van der Waals surface area contributed by atoms with Gasteiger partial charge in [0.2, 0.25) is 0 Å². The minimum Gasteiger partial charge on any atom is -0.496 e. The molecule has 9 heteroatoms. The smallest absolute Gasteiger partial charge is 0.267 e. The number of carbonyl (C=O) groups excluding carboxylic acids is 1. The van der Waals surface area contributed by atoms with Crippen molar-refractivity contribution in [2.24, 2.45) is 5.10 Å². The Morgan fingerprint density at radius 2 is 1.97 bits per heavy atom. The lowest BCUT2D eigenvalue weighted by atomic mass is 9.97. The van der Waals surface area contributed by atoms with Crippen molar-refractivity contribution in [1.29, 1.82) is 0 Å². The van der Waals surface area contributed by atoms with Crippen LogP contribution in [0.5, 0.6) is 5.75 Å². The molecule has 1 N–H and O–H groups in total. The topological polar surface area (TPSA) is 85.6 Å². The second kappa shape index (κ2) is 11.8. The number of para-hydroxylation sites is 1. The molecule has 194 valence electrons. The molecule has 2 heterocycles. The van der Waals surface area contributed by atoms with Crippen molar-refractivity contribution >= 4 is 51.5 Å². The molecule has 0 unspecified atom stereocenters. The Morgan fingerprint density at radius 3 is 2.79 bits per heavy atom. The van der Waals surface area contributed by atoms with Crippen LogP contribution in [-0.4, -0.2) is 34.5 Å². The summed E-state index contributed by atoms with van der Waals surface area (Å²) >= 11 is 2.84. The van der Waals surface area contributed by atoms with Crippen molar-refractivity contribution in [3.63, 3.8) is 0 Å². The lowest BCUT2D eigenvalue weighted by Gasteiger charge is -2.13. The number of rotatable bonds is 8. The summed E-state index contributed by atoms with van der Waals surface area (Å²) in [6.45, 7) is 2.01. The first-order valence-corrected chi connectivity index (χ1v) is 14.2. The largest absolute Gasteiger partial charge is 0.496 e. The number of carbonyl (C=O) groups is 1. The molecule has 1 aliphatic carbocycles. The fourth-order valence-electron chi connectivity index (χ4n) is 4.47. The summed E-state index contributed by atoms with van der Waals surface area (Å²) in [4.78, 5) is 33.2. The summed E-state index contributed by atoms with van der Waals surface area (Å²) < 4.78 is 6.96. The molecule has 7 nitrogen and oxygen atoms in total. The Labute approximate surface area is 229 Å². The summed E-state index contributed by atoms with van der Waals surface area (Å²) in [5, 5.41) is 5.23. The van der Waals surface area contributed by atoms with Gasteiger partial charge in [0.1, 0.15) is 10.6 Å². The van der Waals surface area contributed by atoms with Crippen LogP contribution >= 0.6 is 23.1 Å². The summed E-state index contributed by atoms with van der Waals surface area (Å²) in [5.41, 5.74) is 6.39. The molecule has 0 saturated carbocycles. The molecule has 1 aliphatic rings. The summed E-state index contributed by atoms with van der Waals surface area (Å²) in [5.74, 6) is 0.545. The number of benzene rings is 2. The number of hydrogen-bond donors (Lipinski definition) is 1. The SMILES string of the molecule is COc1ccccc1/C=C/C=N/NC(=O)CSc1nc2sc3c(c2c(=O)n1-c1ccc(C)cc1)CCCC3. The van der Waals surface area contributed by atoms with Gasteiger partial charge in [-0.25, -0.2) is 10.4 Å². The predicted molar refractivity (Wildman–Crippen MR) is 156 cm³/mol. The van der Waals surface area contributed by atoms with Gasteiger partial charge in [0.15, 0.2) is 5.16 Å². The molecule has 0 fully saturated rings. The predicted octanol–water partition coefficient (Wildman–Crippen LogP) is 5.55. The molecule has 0 spiro atoms. The molecule has 2 aromatic heterocycles. The van der Waals surface area contributed by atoms with Crippen LogP contribution in [0.4, 0.5) is 0 Å². The second-order valence-electron chi connectivity index (χ2n) is 8.96. The highest BCUT2D eigenvalue weighted by Crippen LogP contribution is 2.35. The average Bonchev–Trinajstić information content (AvgIpc) is 3.31. The molecular weight excluding hydrogens is 516 g/mol. The summed E-state index contributed by atoms with van der Waals surface area (Å²) in [6.07, 6.45) is 9.24. The van der Waals surface area contributed by atoms with Crippen LogP contribution in [0.3, 0.4) is 0 Å². The Hall–Kier alpha value is -3.69. The van der Waals surface area contributed by atoms with Crippen LogP contribution in [0.1, 0.15) is 34.4 Å². The fraction of sp³-hybridized carbons (Fsp3) is 0.241.